The summed E-state index contributed by atoms with van der Waals surface area (Å²) in [6, 6.07) is 10.9. The first-order chi connectivity index (χ1) is 8.07. The highest BCUT2D eigenvalue weighted by molar-refractivity contribution is 5.18. The maximum atomic E-state index is 5.97. The Balaban J connectivity index is 1.79. The van der Waals surface area contributed by atoms with Crippen LogP contribution in [0.3, 0.4) is 0 Å². The second kappa shape index (κ2) is 5.19. The van der Waals surface area contributed by atoms with Gasteiger partial charge in [-0.1, -0.05) is 30.3 Å². The van der Waals surface area contributed by atoms with Gasteiger partial charge in [-0.3, -0.25) is 0 Å². The SMILES string of the molecule is C[C@@H](NCC1CCC(C)(C)O1)c1ccccc1. The summed E-state index contributed by atoms with van der Waals surface area (Å²) < 4.78 is 5.97. The van der Waals surface area contributed by atoms with Crippen LogP contribution in [0.15, 0.2) is 30.3 Å². The lowest BCUT2D eigenvalue weighted by atomic mass is 10.1. The number of ether oxygens (including phenoxy) is 1. The monoisotopic (exact) mass is 233 g/mol. The summed E-state index contributed by atoms with van der Waals surface area (Å²) in [6.07, 6.45) is 2.71. The van der Waals surface area contributed by atoms with E-state index >= 15 is 0 Å². The van der Waals surface area contributed by atoms with Crippen molar-refractivity contribution in [2.75, 3.05) is 6.54 Å². The lowest BCUT2D eigenvalue weighted by Gasteiger charge is -2.21. The van der Waals surface area contributed by atoms with Gasteiger partial charge in [0.2, 0.25) is 0 Å². The Morgan fingerprint density at radius 3 is 2.65 bits per heavy atom. The highest BCUT2D eigenvalue weighted by atomic mass is 16.5. The average Bonchev–Trinajstić information content (AvgIpc) is 2.67. The molecular weight excluding hydrogens is 210 g/mol. The first-order valence-corrected chi connectivity index (χ1v) is 6.53. The Morgan fingerprint density at radius 2 is 2.06 bits per heavy atom. The van der Waals surface area contributed by atoms with Gasteiger partial charge in [0.15, 0.2) is 0 Å². The maximum absolute atomic E-state index is 5.97. The van der Waals surface area contributed by atoms with Gasteiger partial charge < -0.3 is 10.1 Å². The van der Waals surface area contributed by atoms with E-state index < -0.39 is 0 Å². The van der Waals surface area contributed by atoms with E-state index in [1.165, 1.54) is 18.4 Å². The largest absolute Gasteiger partial charge is 0.371 e. The molecule has 1 aliphatic heterocycles. The van der Waals surface area contributed by atoms with Crippen LogP contribution in [0.25, 0.3) is 0 Å². The Morgan fingerprint density at radius 1 is 1.35 bits per heavy atom. The molecule has 1 aliphatic rings. The van der Waals surface area contributed by atoms with Crippen molar-refractivity contribution in [2.24, 2.45) is 0 Å². The molecule has 1 saturated heterocycles. The smallest absolute Gasteiger partial charge is 0.0708 e. The van der Waals surface area contributed by atoms with Crippen molar-refractivity contribution < 1.29 is 4.74 Å². The number of nitrogens with one attached hydrogen (secondary N) is 1. The van der Waals surface area contributed by atoms with Gasteiger partial charge >= 0.3 is 0 Å². The molecule has 2 atom stereocenters. The van der Waals surface area contributed by atoms with E-state index in [9.17, 15) is 0 Å². The second-order valence-electron chi connectivity index (χ2n) is 5.58. The third kappa shape index (κ3) is 3.55. The molecule has 17 heavy (non-hydrogen) atoms. The van der Waals surface area contributed by atoms with E-state index in [1.807, 2.05) is 0 Å². The average molecular weight is 233 g/mol. The third-order valence-electron chi connectivity index (χ3n) is 3.51. The van der Waals surface area contributed by atoms with Gasteiger partial charge in [0.1, 0.15) is 0 Å². The molecule has 2 nitrogen and oxygen atoms in total. The predicted molar refractivity (Wildman–Crippen MR) is 71.0 cm³/mol. The zero-order valence-electron chi connectivity index (χ0n) is 11.1. The minimum atomic E-state index is 0.0718. The highest BCUT2D eigenvalue weighted by Gasteiger charge is 2.31. The normalized spacial score (nSPS) is 24.8. The molecule has 1 N–H and O–H groups in total. The van der Waals surface area contributed by atoms with Crippen LogP contribution in [0.1, 0.15) is 45.2 Å². The summed E-state index contributed by atoms with van der Waals surface area (Å²) in [6.45, 7) is 7.50. The number of benzene rings is 1. The molecule has 0 amide bonds. The molecule has 0 aromatic heterocycles. The van der Waals surface area contributed by atoms with Gasteiger partial charge in [0.25, 0.3) is 0 Å². The molecule has 0 saturated carbocycles. The van der Waals surface area contributed by atoms with Crippen LogP contribution in [-0.4, -0.2) is 18.2 Å². The van der Waals surface area contributed by atoms with E-state index in [1.54, 1.807) is 0 Å². The molecule has 0 aliphatic carbocycles. The fraction of sp³-hybridized carbons (Fsp3) is 0.600. The van der Waals surface area contributed by atoms with Gasteiger partial charge in [-0.2, -0.15) is 0 Å². The van der Waals surface area contributed by atoms with E-state index in [-0.39, 0.29) is 5.60 Å². The van der Waals surface area contributed by atoms with Gasteiger partial charge in [0.05, 0.1) is 11.7 Å². The number of hydrogen-bond donors (Lipinski definition) is 1. The van der Waals surface area contributed by atoms with Crippen LogP contribution in [-0.2, 0) is 4.74 Å². The molecule has 0 radical (unpaired) electrons. The van der Waals surface area contributed by atoms with E-state index in [0.29, 0.717) is 12.1 Å². The lowest BCUT2D eigenvalue weighted by Crippen LogP contribution is -2.31. The Bertz CT molecular complexity index is 347. The Kier molecular flexibility index (Phi) is 3.85. The molecule has 0 bridgehead atoms. The topological polar surface area (TPSA) is 21.3 Å². The molecule has 94 valence electrons. The van der Waals surface area contributed by atoms with Crippen molar-refractivity contribution in [3.63, 3.8) is 0 Å². The molecule has 1 heterocycles. The summed E-state index contributed by atoms with van der Waals surface area (Å²) in [5.74, 6) is 0. The Hall–Kier alpha value is -0.860. The van der Waals surface area contributed by atoms with Crippen molar-refractivity contribution in [3.8, 4) is 0 Å². The fourth-order valence-electron chi connectivity index (χ4n) is 2.39. The van der Waals surface area contributed by atoms with Crippen LogP contribution < -0.4 is 5.32 Å². The summed E-state index contributed by atoms with van der Waals surface area (Å²) in [4.78, 5) is 0. The summed E-state index contributed by atoms with van der Waals surface area (Å²) >= 11 is 0. The van der Waals surface area contributed by atoms with Crippen molar-refractivity contribution >= 4 is 0 Å². The molecule has 2 rings (SSSR count). The van der Waals surface area contributed by atoms with E-state index in [4.69, 9.17) is 4.74 Å². The molecule has 1 fully saturated rings. The second-order valence-corrected chi connectivity index (χ2v) is 5.58. The first kappa shape index (κ1) is 12.6. The van der Waals surface area contributed by atoms with Gasteiger partial charge in [-0.15, -0.1) is 0 Å². The van der Waals surface area contributed by atoms with Gasteiger partial charge in [0, 0.05) is 12.6 Å². The maximum Gasteiger partial charge on any atom is 0.0708 e. The Labute approximate surface area is 104 Å². The van der Waals surface area contributed by atoms with Crippen molar-refractivity contribution in [1.29, 1.82) is 0 Å². The van der Waals surface area contributed by atoms with Crippen molar-refractivity contribution in [1.82, 2.24) is 5.32 Å². The van der Waals surface area contributed by atoms with Crippen molar-refractivity contribution in [2.45, 2.75) is 51.4 Å². The third-order valence-corrected chi connectivity index (χ3v) is 3.51. The first-order valence-electron chi connectivity index (χ1n) is 6.53. The molecular formula is C15H23NO. The van der Waals surface area contributed by atoms with E-state index in [0.717, 1.165) is 6.54 Å². The summed E-state index contributed by atoms with van der Waals surface area (Å²) in [7, 11) is 0. The molecule has 2 heteroatoms. The van der Waals surface area contributed by atoms with Crippen LogP contribution in [0, 0.1) is 0 Å². The number of hydrogen-bond acceptors (Lipinski definition) is 2. The lowest BCUT2D eigenvalue weighted by molar-refractivity contribution is -0.0150. The van der Waals surface area contributed by atoms with E-state index in [2.05, 4.69) is 56.4 Å². The predicted octanol–water partition coefficient (Wildman–Crippen LogP) is 3.29. The molecule has 0 spiro atoms. The zero-order chi connectivity index (χ0) is 12.3. The molecule has 1 unspecified atom stereocenters. The fourth-order valence-corrected chi connectivity index (χ4v) is 2.39. The van der Waals surface area contributed by atoms with Crippen LogP contribution in [0.5, 0.6) is 0 Å². The van der Waals surface area contributed by atoms with Crippen molar-refractivity contribution in [3.05, 3.63) is 35.9 Å². The quantitative estimate of drug-likeness (QED) is 0.861. The minimum Gasteiger partial charge on any atom is -0.371 e. The number of rotatable bonds is 4. The van der Waals surface area contributed by atoms with Gasteiger partial charge in [-0.05, 0) is 39.2 Å². The molecule has 1 aromatic carbocycles. The van der Waals surface area contributed by atoms with Gasteiger partial charge in [-0.25, -0.2) is 0 Å². The van der Waals surface area contributed by atoms with Crippen LogP contribution in [0.2, 0.25) is 0 Å². The highest BCUT2D eigenvalue weighted by Crippen LogP contribution is 2.29. The summed E-state index contributed by atoms with van der Waals surface area (Å²) in [5, 5.41) is 3.55. The minimum absolute atomic E-state index is 0.0718. The molecule has 1 aromatic rings. The van der Waals surface area contributed by atoms with Crippen LogP contribution >= 0.6 is 0 Å². The van der Waals surface area contributed by atoms with Crippen LogP contribution in [0.4, 0.5) is 0 Å². The summed E-state index contributed by atoms with van der Waals surface area (Å²) in [5.41, 5.74) is 1.41. The standard InChI is InChI=1S/C15H23NO/c1-12(13-7-5-4-6-8-13)16-11-14-9-10-15(2,3)17-14/h4-8,12,14,16H,9-11H2,1-3H3/t12-,14?/m1/s1. The zero-order valence-corrected chi connectivity index (χ0v) is 11.1.